The van der Waals surface area contributed by atoms with Gasteiger partial charge in [0, 0.05) is 17.8 Å². The van der Waals surface area contributed by atoms with Crippen molar-refractivity contribution in [1.29, 1.82) is 0 Å². The molecule has 0 bridgehead atoms. The van der Waals surface area contributed by atoms with E-state index in [1.807, 2.05) is 6.92 Å². The molecule has 1 amide bonds. The summed E-state index contributed by atoms with van der Waals surface area (Å²) in [4.78, 5) is 12.3. The second kappa shape index (κ2) is 5.99. The average molecular weight is 339 g/mol. The largest absolute Gasteiger partial charge is 0.586 e. The number of rotatable bonds is 5. The molecular weight excluding hydrogens is 324 g/mol. The molecule has 1 aliphatic rings. The number of carbonyl (C=O) groups is 1. The Morgan fingerprint density at radius 3 is 2.71 bits per heavy atom. The van der Waals surface area contributed by atoms with E-state index in [4.69, 9.17) is 4.52 Å². The molecule has 9 heteroatoms. The molecule has 1 atom stereocenters. The maximum absolute atomic E-state index is 13.0. The third-order valence-corrected chi connectivity index (χ3v) is 3.35. The third-order valence-electron chi connectivity index (χ3n) is 3.35. The molecule has 1 aromatic carbocycles. The number of ether oxygens (including phenoxy) is 2. The number of nitrogens with one attached hydrogen (secondary N) is 2. The molecular formula is C15H15F2N3O4. The number of nitrogens with zero attached hydrogens (tertiary/aromatic N) is 1. The average Bonchev–Trinajstić information content (AvgIpc) is 3.05. The minimum Gasteiger partial charge on any atom is -0.395 e. The number of anilines is 2. The van der Waals surface area contributed by atoms with Crippen LogP contribution in [0.25, 0.3) is 0 Å². The summed E-state index contributed by atoms with van der Waals surface area (Å²) in [5.74, 6) is 0.411. The van der Waals surface area contributed by atoms with Gasteiger partial charge in [-0.3, -0.25) is 4.79 Å². The molecule has 2 aromatic rings. The summed E-state index contributed by atoms with van der Waals surface area (Å²) in [5, 5.41) is 9.27. The van der Waals surface area contributed by atoms with Crippen molar-refractivity contribution in [3.63, 3.8) is 0 Å². The number of hydrogen-bond acceptors (Lipinski definition) is 6. The first-order valence-corrected chi connectivity index (χ1v) is 7.27. The monoisotopic (exact) mass is 339 g/mol. The summed E-state index contributed by atoms with van der Waals surface area (Å²) < 4.78 is 39.6. The van der Waals surface area contributed by atoms with E-state index in [1.54, 1.807) is 13.0 Å². The van der Waals surface area contributed by atoms with Crippen molar-refractivity contribution in [3.8, 4) is 11.5 Å². The quantitative estimate of drug-likeness (QED) is 0.870. The number of amides is 1. The topological polar surface area (TPSA) is 85.6 Å². The van der Waals surface area contributed by atoms with E-state index in [0.717, 1.165) is 0 Å². The molecule has 2 N–H and O–H groups in total. The first-order valence-electron chi connectivity index (χ1n) is 7.27. The van der Waals surface area contributed by atoms with Gasteiger partial charge in [-0.05, 0) is 25.5 Å². The summed E-state index contributed by atoms with van der Waals surface area (Å²) in [6.45, 7) is 3.52. The smallest absolute Gasteiger partial charge is 0.395 e. The molecule has 128 valence electrons. The number of aromatic nitrogens is 1. The summed E-state index contributed by atoms with van der Waals surface area (Å²) in [6, 6.07) is 5.23. The van der Waals surface area contributed by atoms with E-state index < -0.39 is 12.3 Å². The lowest BCUT2D eigenvalue weighted by Crippen LogP contribution is -2.34. The van der Waals surface area contributed by atoms with Crippen molar-refractivity contribution in [2.24, 2.45) is 0 Å². The molecule has 3 rings (SSSR count). The van der Waals surface area contributed by atoms with E-state index >= 15 is 0 Å². The van der Waals surface area contributed by atoms with Crippen LogP contribution in [0.1, 0.15) is 19.1 Å². The molecule has 1 unspecified atom stereocenters. The van der Waals surface area contributed by atoms with Gasteiger partial charge in [0.05, 0.1) is 0 Å². The Balaban J connectivity index is 1.68. The van der Waals surface area contributed by atoms with Gasteiger partial charge in [-0.1, -0.05) is 12.1 Å². The minimum absolute atomic E-state index is 0.0545. The van der Waals surface area contributed by atoms with Crippen molar-refractivity contribution >= 4 is 17.4 Å². The molecule has 0 aliphatic carbocycles. The standard InChI is InChI=1S/C15H15F2N3O4/c1-3-10(14(21)19-13-6-8(2)24-20-13)18-9-4-5-11-12(7-9)23-15(16,17)22-11/h4-7,10,18H,3H2,1-2H3,(H,19,20,21). The van der Waals surface area contributed by atoms with Gasteiger partial charge in [-0.25, -0.2) is 0 Å². The Morgan fingerprint density at radius 1 is 1.29 bits per heavy atom. The van der Waals surface area contributed by atoms with E-state index in [9.17, 15) is 13.6 Å². The first-order chi connectivity index (χ1) is 11.4. The summed E-state index contributed by atoms with van der Waals surface area (Å²) in [5.41, 5.74) is 0.452. The van der Waals surface area contributed by atoms with Crippen LogP contribution in [0.5, 0.6) is 11.5 Å². The zero-order chi connectivity index (χ0) is 17.3. The van der Waals surface area contributed by atoms with Gasteiger partial charge < -0.3 is 24.6 Å². The second-order valence-corrected chi connectivity index (χ2v) is 5.25. The fourth-order valence-corrected chi connectivity index (χ4v) is 2.23. The van der Waals surface area contributed by atoms with Crippen LogP contribution in [0.4, 0.5) is 20.3 Å². The van der Waals surface area contributed by atoms with Crippen LogP contribution < -0.4 is 20.1 Å². The molecule has 7 nitrogen and oxygen atoms in total. The Labute approximate surface area is 135 Å². The Hall–Kier alpha value is -2.84. The molecule has 1 aliphatic heterocycles. The summed E-state index contributed by atoms with van der Waals surface area (Å²) in [6.07, 6.45) is -3.21. The highest BCUT2D eigenvalue weighted by atomic mass is 19.3. The molecule has 0 saturated heterocycles. The lowest BCUT2D eigenvalue weighted by molar-refractivity contribution is -0.286. The number of carbonyl (C=O) groups excluding carboxylic acids is 1. The van der Waals surface area contributed by atoms with Gasteiger partial charge in [0.1, 0.15) is 11.8 Å². The van der Waals surface area contributed by atoms with Crippen LogP contribution in [0.15, 0.2) is 28.8 Å². The zero-order valence-corrected chi connectivity index (χ0v) is 12.9. The Bertz CT molecular complexity index is 763. The maximum atomic E-state index is 13.0. The SMILES string of the molecule is CCC(Nc1ccc2c(c1)OC(F)(F)O2)C(=O)Nc1cc(C)on1. The Morgan fingerprint density at radius 2 is 2.04 bits per heavy atom. The van der Waals surface area contributed by atoms with Crippen LogP contribution in [0.2, 0.25) is 0 Å². The highest BCUT2D eigenvalue weighted by Crippen LogP contribution is 2.42. The summed E-state index contributed by atoms with van der Waals surface area (Å²) >= 11 is 0. The minimum atomic E-state index is -3.67. The summed E-state index contributed by atoms with van der Waals surface area (Å²) in [7, 11) is 0. The van der Waals surface area contributed by atoms with Crippen LogP contribution in [0, 0.1) is 6.92 Å². The predicted octanol–water partition coefficient (Wildman–Crippen LogP) is 3.13. The van der Waals surface area contributed by atoms with Gasteiger partial charge >= 0.3 is 6.29 Å². The number of alkyl halides is 2. The number of halogens is 2. The van der Waals surface area contributed by atoms with Gasteiger partial charge in [-0.2, -0.15) is 0 Å². The molecule has 2 heterocycles. The molecule has 0 spiro atoms. The van der Waals surface area contributed by atoms with Crippen molar-refractivity contribution in [1.82, 2.24) is 5.16 Å². The fourth-order valence-electron chi connectivity index (χ4n) is 2.23. The van der Waals surface area contributed by atoms with Gasteiger partial charge in [0.25, 0.3) is 0 Å². The highest BCUT2D eigenvalue weighted by molar-refractivity contribution is 5.95. The lowest BCUT2D eigenvalue weighted by Gasteiger charge is -2.17. The van der Waals surface area contributed by atoms with E-state index in [-0.39, 0.29) is 17.4 Å². The molecule has 0 saturated carbocycles. The number of hydrogen-bond donors (Lipinski definition) is 2. The number of fused-ring (bicyclic) bond motifs is 1. The molecule has 1 aromatic heterocycles. The van der Waals surface area contributed by atoms with E-state index in [0.29, 0.717) is 23.7 Å². The van der Waals surface area contributed by atoms with Crippen molar-refractivity contribution in [3.05, 3.63) is 30.0 Å². The first kappa shape index (κ1) is 16.0. The Kier molecular flexibility index (Phi) is 4.00. The van der Waals surface area contributed by atoms with Crippen molar-refractivity contribution < 1.29 is 27.6 Å². The highest BCUT2D eigenvalue weighted by Gasteiger charge is 2.43. The van der Waals surface area contributed by atoms with Gasteiger partial charge in [-0.15, -0.1) is 8.78 Å². The maximum Gasteiger partial charge on any atom is 0.586 e. The number of aryl methyl sites for hydroxylation is 1. The van der Waals surface area contributed by atoms with Crippen molar-refractivity contribution in [2.75, 3.05) is 10.6 Å². The van der Waals surface area contributed by atoms with Crippen molar-refractivity contribution in [2.45, 2.75) is 32.6 Å². The molecule has 24 heavy (non-hydrogen) atoms. The van der Waals surface area contributed by atoms with Crippen LogP contribution >= 0.6 is 0 Å². The molecule has 0 fully saturated rings. The lowest BCUT2D eigenvalue weighted by atomic mass is 10.2. The normalized spacial score (nSPS) is 15.8. The van der Waals surface area contributed by atoms with Gasteiger partial charge in [0.2, 0.25) is 5.91 Å². The van der Waals surface area contributed by atoms with Crippen LogP contribution in [-0.4, -0.2) is 23.4 Å². The number of benzene rings is 1. The zero-order valence-electron chi connectivity index (χ0n) is 12.9. The second-order valence-electron chi connectivity index (χ2n) is 5.25. The predicted molar refractivity (Wildman–Crippen MR) is 80.2 cm³/mol. The van der Waals surface area contributed by atoms with Gasteiger partial charge in [0.15, 0.2) is 17.3 Å². The fraction of sp³-hybridized carbons (Fsp3) is 0.333. The van der Waals surface area contributed by atoms with E-state index in [2.05, 4.69) is 25.3 Å². The molecule has 0 radical (unpaired) electrons. The van der Waals surface area contributed by atoms with Crippen LogP contribution in [0.3, 0.4) is 0 Å². The van der Waals surface area contributed by atoms with Crippen LogP contribution in [-0.2, 0) is 4.79 Å². The third kappa shape index (κ3) is 3.39. The van der Waals surface area contributed by atoms with E-state index in [1.165, 1.54) is 18.2 Å².